The fourth-order valence-corrected chi connectivity index (χ4v) is 1.53. The Morgan fingerprint density at radius 3 is 2.62 bits per heavy atom. The van der Waals surface area contributed by atoms with Gasteiger partial charge in [0, 0.05) is 24.6 Å². The number of nitro groups is 1. The van der Waals surface area contributed by atoms with Crippen LogP contribution in [0, 0.1) is 15.9 Å². The van der Waals surface area contributed by atoms with E-state index in [1.165, 1.54) is 18.2 Å². The molecule has 0 aliphatic heterocycles. The lowest BCUT2D eigenvalue weighted by Crippen LogP contribution is -2.01. The Morgan fingerprint density at radius 2 is 2.12 bits per heavy atom. The van der Waals surface area contributed by atoms with Gasteiger partial charge in [0.05, 0.1) is 10.5 Å². The van der Waals surface area contributed by atoms with Gasteiger partial charge in [0.15, 0.2) is 0 Å². The number of benzene rings is 1. The van der Waals surface area contributed by atoms with Gasteiger partial charge < -0.3 is 4.90 Å². The fraction of sp³-hybridized carbons (Fsp3) is 0.200. The molecule has 0 N–H and O–H groups in total. The third kappa shape index (κ3) is 3.03. The van der Waals surface area contributed by atoms with Crippen LogP contribution < -0.4 is 0 Å². The largest absolute Gasteiger partial charge is 0.383 e. The average Bonchev–Trinajstić information content (AvgIpc) is 2.14. The van der Waals surface area contributed by atoms with Gasteiger partial charge in [-0.05, 0) is 18.3 Å². The normalized spacial score (nSPS) is 10.8. The molecule has 0 atom stereocenters. The van der Waals surface area contributed by atoms with Gasteiger partial charge in [0.2, 0.25) is 0 Å². The van der Waals surface area contributed by atoms with Gasteiger partial charge in [-0.25, -0.2) is 4.39 Å². The third-order valence-electron chi connectivity index (χ3n) is 1.81. The summed E-state index contributed by atoms with van der Waals surface area (Å²) in [7, 11) is 3.50. The number of hydrogen-bond acceptors (Lipinski definition) is 3. The zero-order valence-electron chi connectivity index (χ0n) is 8.78. The average molecular weight is 289 g/mol. The first-order valence-corrected chi connectivity index (χ1v) is 5.19. The molecule has 0 saturated heterocycles. The highest BCUT2D eigenvalue weighted by atomic mass is 79.9. The van der Waals surface area contributed by atoms with E-state index in [9.17, 15) is 14.5 Å². The molecule has 0 aromatic heterocycles. The zero-order chi connectivity index (χ0) is 12.3. The van der Waals surface area contributed by atoms with Crippen LogP contribution in [0.1, 0.15) is 5.56 Å². The van der Waals surface area contributed by atoms with Crippen LogP contribution in [0.25, 0.3) is 6.08 Å². The molecular formula is C10H10BrFN2O2. The van der Waals surface area contributed by atoms with Crippen LogP contribution in [-0.2, 0) is 0 Å². The van der Waals surface area contributed by atoms with Crippen molar-refractivity contribution in [3.63, 3.8) is 0 Å². The number of nitrogens with zero attached hydrogens (tertiary/aromatic N) is 2. The molecule has 0 radical (unpaired) electrons. The monoisotopic (exact) mass is 288 g/mol. The lowest BCUT2D eigenvalue weighted by Gasteiger charge is -2.05. The van der Waals surface area contributed by atoms with Crippen LogP contribution in [0.3, 0.4) is 0 Å². The van der Waals surface area contributed by atoms with Gasteiger partial charge >= 0.3 is 0 Å². The Labute approximate surface area is 101 Å². The molecule has 6 heteroatoms. The van der Waals surface area contributed by atoms with Crippen LogP contribution in [0.15, 0.2) is 22.8 Å². The fourth-order valence-electron chi connectivity index (χ4n) is 1.11. The summed E-state index contributed by atoms with van der Waals surface area (Å²) in [4.78, 5) is 11.8. The highest BCUT2D eigenvalue weighted by Crippen LogP contribution is 2.27. The Kier molecular flexibility index (Phi) is 4.00. The minimum absolute atomic E-state index is 0.0260. The van der Waals surface area contributed by atoms with Crippen molar-refractivity contribution in [3.05, 3.63) is 44.3 Å². The summed E-state index contributed by atoms with van der Waals surface area (Å²) in [5.74, 6) is -0.626. The molecule has 0 unspecified atom stereocenters. The van der Waals surface area contributed by atoms with E-state index in [4.69, 9.17) is 0 Å². The van der Waals surface area contributed by atoms with Gasteiger partial charge in [0.1, 0.15) is 5.82 Å². The van der Waals surface area contributed by atoms with E-state index >= 15 is 0 Å². The van der Waals surface area contributed by atoms with E-state index in [0.29, 0.717) is 4.47 Å². The topological polar surface area (TPSA) is 46.4 Å². The van der Waals surface area contributed by atoms with Crippen LogP contribution in [0.4, 0.5) is 10.1 Å². The molecule has 0 fully saturated rings. The van der Waals surface area contributed by atoms with E-state index in [2.05, 4.69) is 15.9 Å². The van der Waals surface area contributed by atoms with E-state index in [1.54, 1.807) is 25.2 Å². The predicted molar refractivity (Wildman–Crippen MR) is 63.5 cm³/mol. The second-order valence-electron chi connectivity index (χ2n) is 3.36. The van der Waals surface area contributed by atoms with Crippen LogP contribution in [0.5, 0.6) is 0 Å². The number of rotatable bonds is 3. The van der Waals surface area contributed by atoms with Crippen LogP contribution in [-0.4, -0.2) is 23.9 Å². The molecule has 1 aromatic carbocycles. The molecule has 4 nitrogen and oxygen atoms in total. The molecule has 0 aliphatic rings. The van der Waals surface area contributed by atoms with Crippen molar-refractivity contribution >= 4 is 27.7 Å². The van der Waals surface area contributed by atoms with Gasteiger partial charge in [-0.1, -0.05) is 15.9 Å². The standard InChI is InChI=1S/C10H10BrFN2O2/c1-13(2)4-3-8-9(12)5-7(11)6-10(8)14(15)16/h3-6H,1-2H3/b4-3+. The first-order chi connectivity index (χ1) is 7.41. The summed E-state index contributed by atoms with van der Waals surface area (Å²) in [6, 6.07) is 2.47. The Hall–Kier alpha value is -1.43. The molecule has 0 saturated carbocycles. The molecule has 0 aliphatic carbocycles. The number of hydrogen-bond donors (Lipinski definition) is 0. The lowest BCUT2D eigenvalue weighted by atomic mass is 10.1. The Balaban J connectivity index is 3.30. The number of nitro benzene ring substituents is 1. The first-order valence-electron chi connectivity index (χ1n) is 4.40. The molecule has 0 spiro atoms. The summed E-state index contributed by atoms with van der Waals surface area (Å²) in [6.07, 6.45) is 2.93. The quantitative estimate of drug-likeness (QED) is 0.634. The van der Waals surface area contributed by atoms with Crippen molar-refractivity contribution in [1.82, 2.24) is 4.90 Å². The number of halogens is 2. The molecular weight excluding hydrogens is 279 g/mol. The summed E-state index contributed by atoms with van der Waals surface area (Å²) in [6.45, 7) is 0. The van der Waals surface area contributed by atoms with E-state index in [-0.39, 0.29) is 11.3 Å². The van der Waals surface area contributed by atoms with E-state index < -0.39 is 10.7 Å². The first kappa shape index (κ1) is 12.6. The van der Waals surface area contributed by atoms with Crippen molar-refractivity contribution in [2.24, 2.45) is 0 Å². The minimum Gasteiger partial charge on any atom is -0.383 e. The molecule has 16 heavy (non-hydrogen) atoms. The maximum atomic E-state index is 13.5. The van der Waals surface area contributed by atoms with Gasteiger partial charge in [-0.2, -0.15) is 0 Å². The SMILES string of the molecule is CN(C)/C=C/c1c(F)cc(Br)cc1[N+](=O)[O-]. The second-order valence-corrected chi connectivity index (χ2v) is 4.27. The third-order valence-corrected chi connectivity index (χ3v) is 2.27. The van der Waals surface area contributed by atoms with Crippen molar-refractivity contribution < 1.29 is 9.31 Å². The highest BCUT2D eigenvalue weighted by molar-refractivity contribution is 9.10. The van der Waals surface area contributed by atoms with Crippen LogP contribution in [0.2, 0.25) is 0 Å². The minimum atomic E-state index is -0.626. The molecule has 0 amide bonds. The molecule has 0 heterocycles. The van der Waals surface area contributed by atoms with Crippen molar-refractivity contribution in [1.29, 1.82) is 0 Å². The van der Waals surface area contributed by atoms with Crippen molar-refractivity contribution in [2.45, 2.75) is 0 Å². The van der Waals surface area contributed by atoms with Gasteiger partial charge in [-0.3, -0.25) is 10.1 Å². The smallest absolute Gasteiger partial charge is 0.280 e. The summed E-state index contributed by atoms with van der Waals surface area (Å²) in [5, 5.41) is 10.7. The van der Waals surface area contributed by atoms with Gasteiger partial charge in [-0.15, -0.1) is 0 Å². The van der Waals surface area contributed by atoms with E-state index in [1.807, 2.05) is 0 Å². The molecule has 0 bridgehead atoms. The molecule has 1 aromatic rings. The van der Waals surface area contributed by atoms with Crippen molar-refractivity contribution in [2.75, 3.05) is 14.1 Å². The Morgan fingerprint density at radius 1 is 1.50 bits per heavy atom. The predicted octanol–water partition coefficient (Wildman–Crippen LogP) is 3.03. The summed E-state index contributed by atoms with van der Waals surface area (Å²) < 4.78 is 13.9. The summed E-state index contributed by atoms with van der Waals surface area (Å²) >= 11 is 3.02. The second kappa shape index (κ2) is 5.07. The zero-order valence-corrected chi connectivity index (χ0v) is 10.4. The maximum absolute atomic E-state index is 13.5. The Bertz CT molecular complexity index is 447. The van der Waals surface area contributed by atoms with Gasteiger partial charge in [0.25, 0.3) is 5.69 Å². The van der Waals surface area contributed by atoms with Crippen molar-refractivity contribution in [3.8, 4) is 0 Å². The lowest BCUT2D eigenvalue weighted by molar-refractivity contribution is -0.385. The van der Waals surface area contributed by atoms with E-state index in [0.717, 1.165) is 0 Å². The summed E-state index contributed by atoms with van der Waals surface area (Å²) in [5.41, 5.74) is -0.285. The molecule has 86 valence electrons. The van der Waals surface area contributed by atoms with Crippen LogP contribution >= 0.6 is 15.9 Å². The maximum Gasteiger partial charge on any atom is 0.280 e. The molecule has 1 rings (SSSR count). The highest BCUT2D eigenvalue weighted by Gasteiger charge is 2.17.